The maximum Gasteiger partial charge on any atom is 0.262 e. The van der Waals surface area contributed by atoms with Gasteiger partial charge in [-0.1, -0.05) is 256 Å². The molecule has 2 fully saturated rings. The Balaban J connectivity index is 0.886. The zero-order valence-electron chi connectivity index (χ0n) is 57.4. The average molecular weight is 1320 g/mol. The Bertz CT molecular complexity index is 3220. The highest BCUT2D eigenvalue weighted by atomic mass is 32.2. The van der Waals surface area contributed by atoms with Crippen LogP contribution in [0, 0.1) is 5.92 Å². The molecule has 0 saturated carbocycles. The van der Waals surface area contributed by atoms with Crippen LogP contribution < -0.4 is 20.7 Å². The van der Waals surface area contributed by atoms with Gasteiger partial charge in [0.25, 0.3) is 16.6 Å². The summed E-state index contributed by atoms with van der Waals surface area (Å²) >= 11 is 1.67. The van der Waals surface area contributed by atoms with E-state index in [1.807, 2.05) is 76.2 Å². The number of thioether (sulfide) groups is 1. The second-order valence-electron chi connectivity index (χ2n) is 28.7. The third-order valence-corrected chi connectivity index (χ3v) is 29.7. The Kier molecular flexibility index (Phi) is 25.5. The third-order valence-electron chi connectivity index (χ3n) is 18.5. The molecule has 13 nitrogen and oxygen atoms in total. The van der Waals surface area contributed by atoms with Crippen molar-refractivity contribution in [3.63, 3.8) is 0 Å². The first kappa shape index (κ1) is 71.8. The van der Waals surface area contributed by atoms with E-state index >= 15 is 0 Å². The molecule has 93 heavy (non-hydrogen) atoms. The minimum atomic E-state index is -2.99. The second-order valence-corrected chi connectivity index (χ2v) is 38.6. The van der Waals surface area contributed by atoms with Crippen molar-refractivity contribution in [1.82, 2.24) is 20.2 Å². The van der Waals surface area contributed by atoms with Gasteiger partial charge in [0.05, 0.1) is 42.8 Å². The number of tetrazole rings is 1. The molecule has 0 bridgehead atoms. The predicted molar refractivity (Wildman–Crippen MR) is 379 cm³/mol. The summed E-state index contributed by atoms with van der Waals surface area (Å²) in [7, 11) is -5.94. The quantitative estimate of drug-likeness (QED) is 0.0125. The number of para-hydroxylation sites is 1. The minimum Gasteiger partial charge on any atom is -0.404 e. The predicted octanol–water partition coefficient (Wildman–Crippen LogP) is 15.1. The van der Waals surface area contributed by atoms with Crippen LogP contribution in [0.2, 0.25) is 10.1 Å². The van der Waals surface area contributed by atoms with Crippen LogP contribution in [0.15, 0.2) is 187 Å². The van der Waals surface area contributed by atoms with E-state index in [0.717, 1.165) is 90.9 Å². The summed E-state index contributed by atoms with van der Waals surface area (Å²) in [6.45, 7) is 27.0. The molecule has 1 unspecified atom stereocenters. The van der Waals surface area contributed by atoms with Gasteiger partial charge in [-0.2, -0.15) is 4.68 Å². The molecule has 2 aliphatic heterocycles. The Hall–Kier alpha value is -5.48. The first-order valence-electron chi connectivity index (χ1n) is 34.1. The Morgan fingerprint density at radius 3 is 1.65 bits per heavy atom. The highest BCUT2D eigenvalue weighted by Crippen LogP contribution is 2.43. The van der Waals surface area contributed by atoms with Crippen molar-refractivity contribution in [2.24, 2.45) is 5.92 Å². The van der Waals surface area contributed by atoms with Crippen molar-refractivity contribution in [1.29, 1.82) is 0 Å². The number of benzene rings is 6. The van der Waals surface area contributed by atoms with Gasteiger partial charge in [-0.25, -0.2) is 0 Å². The zero-order chi connectivity index (χ0) is 66.1. The number of nitrogens with zero attached hydrogens (tertiary/aromatic N) is 4. The number of aromatic nitrogens is 4. The van der Waals surface area contributed by atoms with Crippen LogP contribution >= 0.6 is 11.8 Å². The molecule has 3 heterocycles. The molecule has 16 heteroatoms. The summed E-state index contributed by atoms with van der Waals surface area (Å²) in [5, 5.41) is 18.0. The molecule has 2 saturated heterocycles. The van der Waals surface area contributed by atoms with Crippen molar-refractivity contribution in [2.45, 2.75) is 242 Å². The fraction of sp³-hybridized carbons (Fsp3) is 0.506. The average Bonchev–Trinajstić information content (AvgIpc) is 1.41. The lowest BCUT2D eigenvalue weighted by Crippen LogP contribution is -2.68. The highest BCUT2D eigenvalue weighted by molar-refractivity contribution is 7.99. The molecule has 500 valence electrons. The van der Waals surface area contributed by atoms with Crippen molar-refractivity contribution in [3.8, 4) is 5.69 Å². The van der Waals surface area contributed by atoms with Gasteiger partial charge in [0.15, 0.2) is 11.6 Å². The molecular formula is C77H104N4O9SSi2. The molecule has 9 atom stereocenters. The van der Waals surface area contributed by atoms with Crippen molar-refractivity contribution >= 4 is 55.4 Å². The molecule has 0 aliphatic carbocycles. The number of carbonyl (C=O) groups excluding carboxylic acids is 1. The number of ether oxygens (including phenoxy) is 6. The van der Waals surface area contributed by atoms with Gasteiger partial charge in [0.2, 0.25) is 5.16 Å². The van der Waals surface area contributed by atoms with Crippen LogP contribution in [0.5, 0.6) is 0 Å². The molecular weight excluding hydrogens is 1210 g/mol. The first-order chi connectivity index (χ1) is 44.6. The van der Waals surface area contributed by atoms with Gasteiger partial charge in [-0.15, -0.1) is 5.10 Å². The molecule has 0 spiro atoms. The Labute approximate surface area is 562 Å². The number of unbranched alkanes of at least 4 members (excludes halogenated alkanes) is 2. The van der Waals surface area contributed by atoms with E-state index in [9.17, 15) is 4.79 Å². The number of carbonyl (C=O) groups is 1. The summed E-state index contributed by atoms with van der Waals surface area (Å²) in [6.07, 6.45) is 9.36. The van der Waals surface area contributed by atoms with Crippen LogP contribution in [0.3, 0.4) is 0 Å². The maximum absolute atomic E-state index is 13.4. The Morgan fingerprint density at radius 1 is 0.591 bits per heavy atom. The Morgan fingerprint density at radius 2 is 1.10 bits per heavy atom. The molecule has 1 aromatic heterocycles. The van der Waals surface area contributed by atoms with Crippen molar-refractivity contribution < 1.29 is 42.1 Å². The fourth-order valence-corrected chi connectivity index (χ4v) is 24.6. The molecule has 0 amide bonds. The van der Waals surface area contributed by atoms with Gasteiger partial charge >= 0.3 is 0 Å². The van der Waals surface area contributed by atoms with Crippen molar-refractivity contribution in [3.05, 3.63) is 188 Å². The van der Waals surface area contributed by atoms with E-state index in [2.05, 4.69) is 204 Å². The van der Waals surface area contributed by atoms with E-state index in [1.165, 1.54) is 10.4 Å². The zero-order valence-corrected chi connectivity index (χ0v) is 60.2. The largest absolute Gasteiger partial charge is 0.404 e. The number of hydrogen-bond acceptors (Lipinski definition) is 13. The normalized spacial score (nSPS) is 20.2. The van der Waals surface area contributed by atoms with E-state index in [1.54, 1.807) is 16.4 Å². The van der Waals surface area contributed by atoms with Gasteiger partial charge in [-0.05, 0) is 144 Å². The first-order valence-corrected chi connectivity index (χ1v) is 38.8. The topological polar surface area (TPSA) is 135 Å². The molecule has 9 rings (SSSR count). The lowest BCUT2D eigenvalue weighted by molar-refractivity contribution is -0.323. The third kappa shape index (κ3) is 19.0. The van der Waals surface area contributed by atoms with Gasteiger partial charge in [0, 0.05) is 17.8 Å². The monoisotopic (exact) mass is 1320 g/mol. The van der Waals surface area contributed by atoms with E-state index in [-0.39, 0.29) is 64.7 Å². The van der Waals surface area contributed by atoms with Crippen LogP contribution in [0.4, 0.5) is 0 Å². The molecule has 6 aromatic carbocycles. The van der Waals surface area contributed by atoms with Crippen LogP contribution in [-0.2, 0) is 48.7 Å². The molecule has 2 aliphatic rings. The van der Waals surface area contributed by atoms with E-state index in [4.69, 9.17) is 37.3 Å². The number of aldehydes is 1. The van der Waals surface area contributed by atoms with Gasteiger partial charge in [-0.3, -0.25) is 0 Å². The van der Waals surface area contributed by atoms with Crippen molar-refractivity contribution in [2.75, 3.05) is 6.79 Å². The van der Waals surface area contributed by atoms with Gasteiger partial charge in [0.1, 0.15) is 19.2 Å². The minimum absolute atomic E-state index is 0.00806. The number of hydrogen-bond donors (Lipinski definition) is 0. The number of rotatable bonds is 34. The molecule has 7 aromatic rings. The van der Waals surface area contributed by atoms with E-state index in [0.29, 0.717) is 25.9 Å². The summed E-state index contributed by atoms with van der Waals surface area (Å²) in [5.74, 6) is -1.58. The highest BCUT2D eigenvalue weighted by Gasteiger charge is 2.53. The van der Waals surface area contributed by atoms with Crippen LogP contribution in [-0.4, -0.2) is 109 Å². The molecule has 0 radical (unpaired) electrons. The lowest BCUT2D eigenvalue weighted by Gasteiger charge is -2.45. The second kappa shape index (κ2) is 33.0. The maximum atomic E-state index is 13.4. The van der Waals surface area contributed by atoms with Crippen LogP contribution in [0.1, 0.15) is 166 Å². The summed E-state index contributed by atoms with van der Waals surface area (Å²) in [6, 6.07) is 63.3. The van der Waals surface area contributed by atoms with E-state index < -0.39 is 34.3 Å². The lowest BCUT2D eigenvalue weighted by atomic mass is 9.87. The van der Waals surface area contributed by atoms with Gasteiger partial charge < -0.3 is 42.1 Å². The molecule has 0 N–H and O–H groups in total. The van der Waals surface area contributed by atoms with Crippen LogP contribution in [0.25, 0.3) is 5.69 Å². The summed E-state index contributed by atoms with van der Waals surface area (Å²) in [4.78, 5) is 13.4. The fourth-order valence-electron chi connectivity index (χ4n) is 14.2. The summed E-state index contributed by atoms with van der Waals surface area (Å²) < 4.78 is 57.5. The smallest absolute Gasteiger partial charge is 0.262 e. The SMILES string of the molecule is CC(CC[C@H]1C[C@@H]([C@H](OCOCc2ccccc2)[C@@H](C)C[C@@H]2OC(C)(C)O[C@H]2CCCCC[C@H](CCC[C@H](C=O)O[Si](c2ccccc2)(c2ccccc2)C(C)(C)C)O[Si](c2ccccc2)(c2ccccc2)C(C)(C)C)OC(C)(C)O1)Sc1nnnn1-c1ccccc1. The summed E-state index contributed by atoms with van der Waals surface area (Å²) in [5.41, 5.74) is 2.02. The standard InChI is InChI=1S/C77H104N4O9SSi2/c1-58(72(84-57-83-56-60-35-20-13-21-36-60)71-54-63(85-76(9,10)88-71)52-51-59(2)91-73-78-79-80-81(73)61-37-22-14-23-38-61)53-70-69(86-77(11,12)87-70)50-33-15-24-39-62(89-92(74(3,4)5,65-42-25-16-26-43-65)66-44-27-17-28-45-66)40-34-41-64(55-82)90-93(75(6,7)8,67-46-29-18-30-47-67)68-48-31-19-32-49-68/h13-14,16-23,25-32,35-38,42-49,55,58-59,62-64,69-72H,15,24,33-34,39-41,50-54,56-57H2,1-12H3/t58-,59?,62+,63-,64+,69-,70-,71-,72+/m0/s1.